The number of rotatable bonds is 5. The van der Waals surface area contributed by atoms with E-state index in [4.69, 9.17) is 5.11 Å². The number of carbonyl (C=O) groups excluding carboxylic acids is 1. The van der Waals surface area contributed by atoms with E-state index in [2.05, 4.69) is 27.5 Å². The average Bonchev–Trinajstić information content (AvgIpc) is 3.18. The number of anilines is 1. The Morgan fingerprint density at radius 2 is 2.29 bits per heavy atom. The molecule has 3 rings (SSSR count). The van der Waals surface area contributed by atoms with Gasteiger partial charge in [-0.25, -0.2) is 9.97 Å². The Labute approximate surface area is 143 Å². The summed E-state index contributed by atoms with van der Waals surface area (Å²) in [5, 5.41) is 14.3. The van der Waals surface area contributed by atoms with Crippen LogP contribution in [-0.4, -0.2) is 40.0 Å². The van der Waals surface area contributed by atoms with Gasteiger partial charge in [0.15, 0.2) is 0 Å². The van der Waals surface area contributed by atoms with Crippen LogP contribution in [0.25, 0.3) is 0 Å². The zero-order valence-electron chi connectivity index (χ0n) is 13.4. The van der Waals surface area contributed by atoms with Gasteiger partial charge in [0.2, 0.25) is 0 Å². The van der Waals surface area contributed by atoms with E-state index in [1.165, 1.54) is 11.3 Å². The number of aryl methyl sites for hydroxylation is 1. The Hall–Kier alpha value is -2.48. The Kier molecular flexibility index (Phi) is 4.48. The molecule has 2 atom stereocenters. The number of carbonyl (C=O) groups is 2. The van der Waals surface area contributed by atoms with Crippen LogP contribution < -0.4 is 10.6 Å². The number of carboxylic acid groups (broad SMARTS) is 1. The lowest BCUT2D eigenvalue weighted by Crippen LogP contribution is -2.28. The van der Waals surface area contributed by atoms with Crippen LogP contribution in [0.4, 0.5) is 5.82 Å². The summed E-state index contributed by atoms with van der Waals surface area (Å²) < 4.78 is 0. The van der Waals surface area contributed by atoms with Gasteiger partial charge in [0, 0.05) is 29.1 Å². The van der Waals surface area contributed by atoms with Crippen LogP contribution in [0.15, 0.2) is 18.3 Å². The first-order chi connectivity index (χ1) is 11.5. The summed E-state index contributed by atoms with van der Waals surface area (Å²) in [5.74, 6) is 0.658. The van der Waals surface area contributed by atoms with Crippen molar-refractivity contribution in [2.24, 2.45) is 0 Å². The molecule has 1 aliphatic heterocycles. The molecule has 0 saturated carbocycles. The van der Waals surface area contributed by atoms with Crippen LogP contribution in [0, 0.1) is 6.92 Å². The van der Waals surface area contributed by atoms with Gasteiger partial charge in [-0.15, -0.1) is 11.3 Å². The third kappa shape index (κ3) is 3.23. The first-order valence-corrected chi connectivity index (χ1v) is 8.44. The number of nitrogens with one attached hydrogen (secondary N) is 2. The molecule has 7 nitrogen and oxygen atoms in total. The largest absolute Gasteiger partial charge is 0.480 e. The molecule has 0 fully saturated rings. The molecule has 0 aliphatic carbocycles. The average molecular weight is 346 g/mol. The molecule has 126 valence electrons. The number of amides is 1. The Bertz CT molecular complexity index is 789. The molecule has 8 heteroatoms. The van der Waals surface area contributed by atoms with Crippen LogP contribution in [0.2, 0.25) is 0 Å². The summed E-state index contributed by atoms with van der Waals surface area (Å²) in [5.41, 5.74) is 1.10. The predicted molar refractivity (Wildman–Crippen MR) is 90.7 cm³/mol. The van der Waals surface area contributed by atoms with Crippen molar-refractivity contribution in [1.29, 1.82) is 0 Å². The second-order valence-corrected chi connectivity index (χ2v) is 6.89. The van der Waals surface area contributed by atoms with Crippen LogP contribution in [-0.2, 0) is 4.79 Å². The molecule has 0 saturated heterocycles. The maximum atomic E-state index is 11.9. The number of carboxylic acids is 1. The summed E-state index contributed by atoms with van der Waals surface area (Å²) >= 11 is 1.39. The number of aliphatic carboxylic acids is 1. The third-order valence-corrected chi connectivity index (χ3v) is 5.41. The molecule has 3 N–H and O–H groups in total. The monoisotopic (exact) mass is 346 g/mol. The number of fused-ring (bicyclic) bond motifs is 1. The normalized spacial score (nSPS) is 17.0. The van der Waals surface area contributed by atoms with Crippen molar-refractivity contribution >= 4 is 29.0 Å². The van der Waals surface area contributed by atoms with Crippen molar-refractivity contribution in [3.63, 3.8) is 0 Å². The van der Waals surface area contributed by atoms with Crippen LogP contribution in [0.5, 0.6) is 0 Å². The highest BCUT2D eigenvalue weighted by molar-refractivity contribution is 7.14. The van der Waals surface area contributed by atoms with E-state index in [0.29, 0.717) is 4.88 Å². The summed E-state index contributed by atoms with van der Waals surface area (Å²) in [7, 11) is 0. The molecule has 0 bridgehead atoms. The van der Waals surface area contributed by atoms with E-state index in [1.54, 1.807) is 6.07 Å². The second-order valence-electron chi connectivity index (χ2n) is 5.78. The number of thiophene rings is 1. The third-order valence-electron chi connectivity index (χ3n) is 4.13. The minimum absolute atomic E-state index is 0.205. The minimum atomic E-state index is -1.06. The molecule has 3 heterocycles. The lowest BCUT2D eigenvalue weighted by Gasteiger charge is -2.17. The fourth-order valence-electron chi connectivity index (χ4n) is 2.82. The summed E-state index contributed by atoms with van der Waals surface area (Å²) in [6.45, 7) is 4.39. The van der Waals surface area contributed by atoms with Gasteiger partial charge >= 0.3 is 5.97 Å². The molecule has 0 radical (unpaired) electrons. The van der Waals surface area contributed by atoms with Crippen molar-refractivity contribution < 1.29 is 14.7 Å². The maximum absolute atomic E-state index is 11.9. The topological polar surface area (TPSA) is 104 Å². The fraction of sp³-hybridized carbons (Fsp3) is 0.375. The van der Waals surface area contributed by atoms with Crippen LogP contribution in [0.3, 0.4) is 0 Å². The number of aromatic nitrogens is 2. The molecule has 0 spiro atoms. The fourth-order valence-corrected chi connectivity index (χ4v) is 3.86. The van der Waals surface area contributed by atoms with Gasteiger partial charge in [-0.05, 0) is 25.0 Å². The highest BCUT2D eigenvalue weighted by Gasteiger charge is 2.30. The number of nitrogens with zero attached hydrogens (tertiary/aromatic N) is 2. The van der Waals surface area contributed by atoms with Gasteiger partial charge in [-0.1, -0.05) is 6.92 Å². The van der Waals surface area contributed by atoms with E-state index >= 15 is 0 Å². The highest BCUT2D eigenvalue weighted by Crippen LogP contribution is 2.41. The number of hydrogen-bond donors (Lipinski definition) is 3. The van der Waals surface area contributed by atoms with Gasteiger partial charge in [-0.2, -0.15) is 0 Å². The van der Waals surface area contributed by atoms with Gasteiger partial charge in [0.25, 0.3) is 5.91 Å². The first-order valence-electron chi connectivity index (χ1n) is 7.63. The Balaban J connectivity index is 1.74. The first kappa shape index (κ1) is 16.4. The molecule has 1 amide bonds. The summed E-state index contributed by atoms with van der Waals surface area (Å²) in [6.07, 6.45) is 1.87. The van der Waals surface area contributed by atoms with Crippen molar-refractivity contribution in [3.05, 3.63) is 39.5 Å². The van der Waals surface area contributed by atoms with E-state index in [-0.39, 0.29) is 24.3 Å². The van der Waals surface area contributed by atoms with E-state index in [1.807, 2.05) is 19.2 Å². The van der Waals surface area contributed by atoms with Crippen LogP contribution >= 0.6 is 11.3 Å². The standard InChI is InChI=1S/C16H18N4O3S/c1-8(10-5-18-15-11(10)6-17-9(2)20-15)12-3-4-13(24-12)16(23)19-7-14(21)22/h3-4,6,8,10H,5,7H2,1-2H3,(H,19,23)(H,21,22)(H,17,18,20). The maximum Gasteiger partial charge on any atom is 0.322 e. The zero-order valence-corrected chi connectivity index (χ0v) is 14.2. The Morgan fingerprint density at radius 3 is 3.04 bits per heavy atom. The lowest BCUT2D eigenvalue weighted by atomic mass is 9.89. The molecule has 2 aromatic heterocycles. The van der Waals surface area contributed by atoms with Crippen molar-refractivity contribution in [1.82, 2.24) is 15.3 Å². The minimum Gasteiger partial charge on any atom is -0.480 e. The number of hydrogen-bond acceptors (Lipinski definition) is 6. The van der Waals surface area contributed by atoms with E-state index in [0.717, 1.165) is 28.6 Å². The molecule has 2 unspecified atom stereocenters. The molecular formula is C16H18N4O3S. The molecule has 2 aromatic rings. The quantitative estimate of drug-likeness (QED) is 0.765. The van der Waals surface area contributed by atoms with Crippen molar-refractivity contribution in [2.45, 2.75) is 25.7 Å². The predicted octanol–water partition coefficient (Wildman–Crippen LogP) is 1.97. The Morgan fingerprint density at radius 1 is 1.50 bits per heavy atom. The lowest BCUT2D eigenvalue weighted by molar-refractivity contribution is -0.135. The zero-order chi connectivity index (χ0) is 17.3. The molecule has 0 aromatic carbocycles. The van der Waals surface area contributed by atoms with E-state index in [9.17, 15) is 9.59 Å². The summed E-state index contributed by atoms with van der Waals surface area (Å²) in [4.78, 5) is 32.8. The van der Waals surface area contributed by atoms with Gasteiger partial charge in [-0.3, -0.25) is 9.59 Å². The second kappa shape index (κ2) is 6.56. The highest BCUT2D eigenvalue weighted by atomic mass is 32.1. The smallest absolute Gasteiger partial charge is 0.322 e. The molecular weight excluding hydrogens is 328 g/mol. The molecule has 24 heavy (non-hydrogen) atoms. The van der Waals surface area contributed by atoms with Crippen molar-refractivity contribution in [3.8, 4) is 0 Å². The van der Waals surface area contributed by atoms with Crippen LogP contribution in [0.1, 0.15) is 44.7 Å². The summed E-state index contributed by atoms with van der Waals surface area (Å²) in [6, 6.07) is 3.67. The van der Waals surface area contributed by atoms with Gasteiger partial charge < -0.3 is 15.7 Å². The molecule has 1 aliphatic rings. The van der Waals surface area contributed by atoms with Gasteiger partial charge in [0.1, 0.15) is 18.2 Å². The van der Waals surface area contributed by atoms with E-state index < -0.39 is 5.97 Å². The van der Waals surface area contributed by atoms with Crippen molar-refractivity contribution in [2.75, 3.05) is 18.4 Å². The SMILES string of the molecule is Cc1ncc2c(n1)NCC2C(C)c1ccc(C(=O)NCC(=O)O)s1. The van der Waals surface area contributed by atoms with Gasteiger partial charge in [0.05, 0.1) is 4.88 Å².